The zero-order valence-electron chi connectivity index (χ0n) is 9.37. The molecule has 0 aliphatic carbocycles. The Labute approximate surface area is 95.3 Å². The fourth-order valence-electron chi connectivity index (χ4n) is 0.911. The Balaban J connectivity index is 4.13. The van der Waals surface area contributed by atoms with Crippen molar-refractivity contribution in [1.29, 1.82) is 0 Å². The van der Waals surface area contributed by atoms with Crippen LogP contribution in [-0.2, 0) is 13.8 Å². The van der Waals surface area contributed by atoms with Gasteiger partial charge in [0.15, 0.2) is 0 Å². The molecule has 0 fully saturated rings. The summed E-state index contributed by atoms with van der Waals surface area (Å²) in [5.41, 5.74) is 0.782. The van der Waals surface area contributed by atoms with E-state index in [9.17, 15) is 4.57 Å². The predicted molar refractivity (Wildman–Crippen MR) is 61.6 cm³/mol. The smallest absolute Gasteiger partial charge is 0.412 e. The van der Waals surface area contributed by atoms with Gasteiger partial charge in [0.05, 0.1) is 19.0 Å². The quantitative estimate of drug-likeness (QED) is 0.312. The monoisotopic (exact) mass is 248 g/mol. The summed E-state index contributed by atoms with van der Waals surface area (Å²) in [6.07, 6.45) is 5.76. The number of phosphoric acid groups is 1. The lowest BCUT2D eigenvalue weighted by molar-refractivity contribution is 0.123. The van der Waals surface area contributed by atoms with E-state index in [0.717, 1.165) is 11.8 Å². The lowest BCUT2D eigenvalue weighted by atomic mass is 10.2. The van der Waals surface area contributed by atoms with Crippen LogP contribution in [0.25, 0.3) is 0 Å². The summed E-state index contributed by atoms with van der Waals surface area (Å²) in [5, 5.41) is 0. The van der Waals surface area contributed by atoms with E-state index in [4.69, 9.17) is 14.5 Å². The molecule has 1 atom stereocenters. The van der Waals surface area contributed by atoms with Crippen molar-refractivity contribution in [1.82, 2.24) is 0 Å². The van der Waals surface area contributed by atoms with Crippen molar-refractivity contribution in [2.24, 2.45) is 0 Å². The zero-order valence-corrected chi connectivity index (χ0v) is 10.3. The van der Waals surface area contributed by atoms with Crippen LogP contribution >= 0.6 is 7.82 Å². The number of ether oxygens (including phenoxy) is 1. The predicted octanol–water partition coefficient (Wildman–Crippen LogP) is 2.15. The highest BCUT2D eigenvalue weighted by atomic mass is 31.2. The van der Waals surface area contributed by atoms with Gasteiger partial charge in [0.1, 0.15) is 0 Å². The minimum atomic E-state index is -4.43. The van der Waals surface area contributed by atoms with Crippen molar-refractivity contribution in [3.05, 3.63) is 36.6 Å². The van der Waals surface area contributed by atoms with Gasteiger partial charge < -0.3 is 9.26 Å². The Kier molecular flexibility index (Phi) is 7.01. The summed E-state index contributed by atoms with van der Waals surface area (Å²) in [5.74, 6) is 0. The topological polar surface area (TPSA) is 76.0 Å². The van der Waals surface area contributed by atoms with Crippen LogP contribution in [0.4, 0.5) is 0 Å². The third kappa shape index (κ3) is 9.68. The number of phosphoric ester groups is 1. The molecule has 0 aromatic heterocycles. The molecule has 0 aliphatic rings. The first kappa shape index (κ1) is 15.1. The summed E-state index contributed by atoms with van der Waals surface area (Å²) < 4.78 is 19.8. The van der Waals surface area contributed by atoms with Gasteiger partial charge in [-0.1, -0.05) is 12.2 Å². The minimum absolute atomic E-state index is 0.0993. The molecule has 0 spiro atoms. The Hall–Kier alpha value is -0.870. The van der Waals surface area contributed by atoms with Crippen molar-refractivity contribution in [2.45, 2.75) is 20.0 Å². The van der Waals surface area contributed by atoms with Crippen molar-refractivity contribution in [3.63, 3.8) is 0 Å². The highest BCUT2D eigenvalue weighted by molar-refractivity contribution is 7.46. The molecular formula is C10H17O5P. The first-order valence-electron chi connectivity index (χ1n) is 4.66. The molecule has 2 N–H and O–H groups in total. The van der Waals surface area contributed by atoms with Gasteiger partial charge >= 0.3 is 7.82 Å². The van der Waals surface area contributed by atoms with Crippen LogP contribution in [0.5, 0.6) is 0 Å². The average molecular weight is 248 g/mol. The van der Waals surface area contributed by atoms with Crippen LogP contribution < -0.4 is 0 Å². The second-order valence-electron chi connectivity index (χ2n) is 3.14. The van der Waals surface area contributed by atoms with Gasteiger partial charge in [-0.2, -0.15) is 0 Å². The molecule has 92 valence electrons. The molecule has 0 radical (unpaired) electrons. The highest BCUT2D eigenvalue weighted by Gasteiger charge is 2.11. The van der Waals surface area contributed by atoms with E-state index in [-0.39, 0.29) is 6.10 Å². The van der Waals surface area contributed by atoms with Crippen LogP contribution in [0, 0.1) is 0 Å². The number of allylic oxidation sites excluding steroid dienone is 2. The van der Waals surface area contributed by atoms with E-state index in [1.54, 1.807) is 19.1 Å². The van der Waals surface area contributed by atoms with E-state index in [2.05, 4.69) is 11.1 Å². The average Bonchev–Trinajstić information content (AvgIpc) is 2.12. The van der Waals surface area contributed by atoms with Crippen LogP contribution in [0.2, 0.25) is 0 Å². The van der Waals surface area contributed by atoms with Crippen LogP contribution in [0.3, 0.4) is 0 Å². The molecule has 5 nitrogen and oxygen atoms in total. The van der Waals surface area contributed by atoms with Crippen LogP contribution in [0.15, 0.2) is 36.6 Å². The molecule has 0 bridgehead atoms. The molecule has 0 aliphatic heterocycles. The first-order valence-corrected chi connectivity index (χ1v) is 6.19. The molecule has 0 amide bonds. The molecular weight excluding hydrogens is 231 g/mol. The third-order valence-electron chi connectivity index (χ3n) is 1.50. The molecule has 0 saturated heterocycles. The maximum absolute atomic E-state index is 10.3. The minimum Gasteiger partial charge on any atom is -0.412 e. The fourth-order valence-corrected chi connectivity index (χ4v) is 1.13. The van der Waals surface area contributed by atoms with E-state index >= 15 is 0 Å². The molecule has 6 heteroatoms. The summed E-state index contributed by atoms with van der Waals surface area (Å²) in [7, 11) is -4.43. The summed E-state index contributed by atoms with van der Waals surface area (Å²) in [6, 6.07) is 0. The number of hydrogen-bond acceptors (Lipinski definition) is 3. The van der Waals surface area contributed by atoms with Gasteiger partial charge in [0.25, 0.3) is 0 Å². The zero-order chi connectivity index (χ0) is 12.6. The molecule has 16 heavy (non-hydrogen) atoms. The van der Waals surface area contributed by atoms with Gasteiger partial charge in [0, 0.05) is 0 Å². The molecule has 0 aromatic carbocycles. The van der Waals surface area contributed by atoms with Gasteiger partial charge in [-0.05, 0) is 25.5 Å². The van der Waals surface area contributed by atoms with Crippen molar-refractivity contribution in [2.75, 3.05) is 6.61 Å². The standard InChI is InChI=1S/C10H17O5P/c1-4-6-14-10(3)8-9(2)5-7-15-16(11,12)13/h4-5,7-8,10H,1,6H2,2-3H3,(H2,11,12,13). The van der Waals surface area contributed by atoms with Crippen LogP contribution in [0.1, 0.15) is 13.8 Å². The second-order valence-corrected chi connectivity index (χ2v) is 4.33. The Bertz CT molecular complexity index is 315. The van der Waals surface area contributed by atoms with Gasteiger partial charge in [-0.15, -0.1) is 6.58 Å². The molecule has 0 heterocycles. The number of rotatable bonds is 7. The SMILES string of the molecule is C=CCOC(C)C=C(C)C=COP(=O)(O)O. The van der Waals surface area contributed by atoms with Crippen molar-refractivity contribution < 1.29 is 23.6 Å². The van der Waals surface area contributed by atoms with Crippen LogP contribution in [-0.4, -0.2) is 22.5 Å². The fraction of sp³-hybridized carbons (Fsp3) is 0.400. The van der Waals surface area contributed by atoms with Crippen molar-refractivity contribution in [3.8, 4) is 0 Å². The third-order valence-corrected chi connectivity index (χ3v) is 1.90. The highest BCUT2D eigenvalue weighted by Crippen LogP contribution is 2.35. The van der Waals surface area contributed by atoms with Gasteiger partial charge in [-0.25, -0.2) is 4.57 Å². The van der Waals surface area contributed by atoms with E-state index in [0.29, 0.717) is 6.61 Å². The second kappa shape index (κ2) is 7.41. The Morgan fingerprint density at radius 3 is 2.69 bits per heavy atom. The van der Waals surface area contributed by atoms with Gasteiger partial charge in [0.2, 0.25) is 0 Å². The van der Waals surface area contributed by atoms with E-state index < -0.39 is 7.82 Å². The summed E-state index contributed by atoms with van der Waals surface area (Å²) >= 11 is 0. The lowest BCUT2D eigenvalue weighted by Crippen LogP contribution is -2.04. The summed E-state index contributed by atoms with van der Waals surface area (Å²) in [4.78, 5) is 16.8. The van der Waals surface area contributed by atoms with E-state index in [1.165, 1.54) is 6.08 Å². The summed E-state index contributed by atoms with van der Waals surface area (Å²) in [6.45, 7) is 7.60. The van der Waals surface area contributed by atoms with Crippen molar-refractivity contribution >= 4 is 7.82 Å². The molecule has 0 saturated carbocycles. The lowest BCUT2D eigenvalue weighted by Gasteiger charge is -2.06. The maximum atomic E-state index is 10.3. The maximum Gasteiger partial charge on any atom is 0.524 e. The normalized spacial score (nSPS) is 15.1. The number of hydrogen-bond donors (Lipinski definition) is 2. The molecule has 1 unspecified atom stereocenters. The molecule has 0 rings (SSSR count). The molecule has 0 aromatic rings. The first-order chi connectivity index (χ1) is 7.35. The van der Waals surface area contributed by atoms with E-state index in [1.807, 2.05) is 6.92 Å². The largest absolute Gasteiger partial charge is 0.524 e. The Morgan fingerprint density at radius 1 is 1.56 bits per heavy atom. The van der Waals surface area contributed by atoms with Gasteiger partial charge in [-0.3, -0.25) is 9.79 Å². The Morgan fingerprint density at radius 2 is 2.19 bits per heavy atom.